The second-order valence-corrected chi connectivity index (χ2v) is 5.02. The van der Waals surface area contributed by atoms with Gasteiger partial charge >= 0.3 is 0 Å². The number of aromatic nitrogens is 2. The molecule has 0 spiro atoms. The van der Waals surface area contributed by atoms with Crippen LogP contribution < -0.4 is 10.9 Å². The van der Waals surface area contributed by atoms with Gasteiger partial charge in [-0.15, -0.1) is 0 Å². The van der Waals surface area contributed by atoms with Crippen LogP contribution in [0.4, 0.5) is 5.69 Å². The molecule has 1 heterocycles. The summed E-state index contributed by atoms with van der Waals surface area (Å²) in [6.07, 6.45) is 5.45. The molecule has 0 amide bonds. The zero-order valence-electron chi connectivity index (χ0n) is 12.3. The predicted molar refractivity (Wildman–Crippen MR) is 82.6 cm³/mol. The van der Waals surface area contributed by atoms with E-state index < -0.39 is 0 Å². The first-order valence-electron chi connectivity index (χ1n) is 7.27. The molecule has 0 saturated heterocycles. The van der Waals surface area contributed by atoms with Crippen molar-refractivity contribution >= 4 is 17.3 Å². The number of anilines is 1. The van der Waals surface area contributed by atoms with Gasteiger partial charge in [0.15, 0.2) is 0 Å². The zero-order chi connectivity index (χ0) is 14.8. The van der Waals surface area contributed by atoms with E-state index in [9.17, 15) is 4.79 Å². The highest BCUT2D eigenvalue weighted by atomic mass is 35.5. The van der Waals surface area contributed by atoms with Gasteiger partial charge in [0, 0.05) is 26.3 Å². The first kappa shape index (κ1) is 17.0. The fraction of sp³-hybridized carbons (Fsp3) is 0.714. The van der Waals surface area contributed by atoms with Crippen molar-refractivity contribution in [1.82, 2.24) is 9.78 Å². The molecule has 114 valence electrons. The summed E-state index contributed by atoms with van der Waals surface area (Å²) in [4.78, 5) is 12.0. The van der Waals surface area contributed by atoms with Crippen LogP contribution >= 0.6 is 11.6 Å². The number of hydrogen-bond acceptors (Lipinski definition) is 4. The standard InChI is InChI=1S/C14H24ClN3O2/c1-3-5-8-18-14(19)13(15)12(11-17-18)16-7-6-10-20-9-4-2/h11,16H,3-10H2,1-2H3. The molecular weight excluding hydrogens is 278 g/mol. The van der Waals surface area contributed by atoms with Crippen LogP contribution in [0.5, 0.6) is 0 Å². The number of aryl methyl sites for hydroxylation is 1. The fourth-order valence-corrected chi connectivity index (χ4v) is 1.91. The Bertz CT molecular complexity index is 449. The number of nitrogens with zero attached hydrogens (tertiary/aromatic N) is 2. The number of halogens is 1. The van der Waals surface area contributed by atoms with Crippen LogP contribution in [0, 0.1) is 0 Å². The minimum atomic E-state index is -0.229. The van der Waals surface area contributed by atoms with E-state index in [2.05, 4.69) is 24.3 Å². The smallest absolute Gasteiger partial charge is 0.287 e. The average molecular weight is 302 g/mol. The summed E-state index contributed by atoms with van der Waals surface area (Å²) in [5, 5.41) is 7.47. The third-order valence-corrected chi connectivity index (χ3v) is 3.20. The molecule has 0 fully saturated rings. The zero-order valence-corrected chi connectivity index (χ0v) is 13.1. The molecule has 0 aliphatic carbocycles. The Balaban J connectivity index is 2.47. The van der Waals surface area contributed by atoms with Gasteiger partial charge in [-0.3, -0.25) is 4.79 Å². The largest absolute Gasteiger partial charge is 0.382 e. The van der Waals surface area contributed by atoms with Gasteiger partial charge in [-0.25, -0.2) is 4.68 Å². The van der Waals surface area contributed by atoms with Crippen molar-refractivity contribution in [3.05, 3.63) is 21.6 Å². The number of ether oxygens (including phenoxy) is 1. The number of unbranched alkanes of at least 4 members (excludes halogenated alkanes) is 1. The van der Waals surface area contributed by atoms with E-state index in [1.54, 1.807) is 6.20 Å². The SMILES string of the molecule is CCCCn1ncc(NCCCOCCC)c(Cl)c1=O. The van der Waals surface area contributed by atoms with Crippen molar-refractivity contribution in [2.75, 3.05) is 25.1 Å². The molecule has 0 aliphatic heterocycles. The lowest BCUT2D eigenvalue weighted by Gasteiger charge is -2.10. The van der Waals surface area contributed by atoms with E-state index in [4.69, 9.17) is 16.3 Å². The quantitative estimate of drug-likeness (QED) is 0.675. The Hall–Kier alpha value is -1.07. The lowest BCUT2D eigenvalue weighted by molar-refractivity contribution is 0.134. The molecule has 5 nitrogen and oxygen atoms in total. The van der Waals surface area contributed by atoms with E-state index in [1.807, 2.05) is 0 Å². The lowest BCUT2D eigenvalue weighted by atomic mass is 10.3. The Labute approximate surface area is 125 Å². The highest BCUT2D eigenvalue weighted by Gasteiger charge is 2.08. The maximum absolute atomic E-state index is 12.0. The summed E-state index contributed by atoms with van der Waals surface area (Å²) in [6, 6.07) is 0. The number of hydrogen-bond donors (Lipinski definition) is 1. The molecule has 0 aliphatic rings. The predicted octanol–water partition coefficient (Wildman–Crippen LogP) is 2.93. The topological polar surface area (TPSA) is 56.1 Å². The van der Waals surface area contributed by atoms with E-state index in [0.717, 1.165) is 32.3 Å². The van der Waals surface area contributed by atoms with Gasteiger partial charge in [0.1, 0.15) is 5.02 Å². The Morgan fingerprint density at radius 1 is 1.30 bits per heavy atom. The summed E-state index contributed by atoms with van der Waals surface area (Å²) in [6.45, 7) is 6.97. The molecule has 6 heteroatoms. The van der Waals surface area contributed by atoms with E-state index >= 15 is 0 Å². The van der Waals surface area contributed by atoms with Gasteiger partial charge in [0.25, 0.3) is 5.56 Å². The van der Waals surface area contributed by atoms with Crippen molar-refractivity contribution in [3.8, 4) is 0 Å². The second-order valence-electron chi connectivity index (χ2n) is 4.65. The van der Waals surface area contributed by atoms with Crippen molar-refractivity contribution in [2.24, 2.45) is 0 Å². The van der Waals surface area contributed by atoms with Crippen LogP contribution in [0.1, 0.15) is 39.5 Å². The number of nitrogens with one attached hydrogen (secondary N) is 1. The molecule has 1 aromatic rings. The van der Waals surface area contributed by atoms with Crippen LogP contribution in [0.3, 0.4) is 0 Å². The molecule has 0 unspecified atom stereocenters. The first-order chi connectivity index (χ1) is 9.70. The van der Waals surface area contributed by atoms with Crippen LogP contribution in [-0.2, 0) is 11.3 Å². The minimum Gasteiger partial charge on any atom is -0.382 e. The van der Waals surface area contributed by atoms with Gasteiger partial charge in [-0.2, -0.15) is 5.10 Å². The van der Waals surface area contributed by atoms with Crippen LogP contribution in [0.15, 0.2) is 11.0 Å². The molecule has 0 bridgehead atoms. The third kappa shape index (κ3) is 5.51. The molecule has 0 saturated carbocycles. The maximum atomic E-state index is 12.0. The summed E-state index contributed by atoms with van der Waals surface area (Å²) in [5.41, 5.74) is 0.368. The average Bonchev–Trinajstić information content (AvgIpc) is 2.46. The fourth-order valence-electron chi connectivity index (χ4n) is 1.70. The van der Waals surface area contributed by atoms with Crippen molar-refractivity contribution in [1.29, 1.82) is 0 Å². The maximum Gasteiger partial charge on any atom is 0.287 e. The van der Waals surface area contributed by atoms with Gasteiger partial charge < -0.3 is 10.1 Å². The van der Waals surface area contributed by atoms with Gasteiger partial charge in [-0.1, -0.05) is 31.9 Å². The molecular formula is C14H24ClN3O2. The highest BCUT2D eigenvalue weighted by Crippen LogP contribution is 2.15. The summed E-state index contributed by atoms with van der Waals surface area (Å²) in [5.74, 6) is 0. The normalized spacial score (nSPS) is 10.8. The van der Waals surface area contributed by atoms with Crippen molar-refractivity contribution < 1.29 is 4.74 Å². The molecule has 1 rings (SSSR count). The minimum absolute atomic E-state index is 0.213. The lowest BCUT2D eigenvalue weighted by Crippen LogP contribution is -2.24. The molecule has 0 aromatic carbocycles. The molecule has 0 radical (unpaired) electrons. The monoisotopic (exact) mass is 301 g/mol. The summed E-state index contributed by atoms with van der Waals surface area (Å²) >= 11 is 6.07. The Kier molecular flexibility index (Phi) is 8.30. The van der Waals surface area contributed by atoms with Crippen LogP contribution in [0.25, 0.3) is 0 Å². The van der Waals surface area contributed by atoms with E-state index in [-0.39, 0.29) is 10.6 Å². The first-order valence-corrected chi connectivity index (χ1v) is 7.65. The Morgan fingerprint density at radius 2 is 2.10 bits per heavy atom. The third-order valence-electron chi connectivity index (χ3n) is 2.84. The van der Waals surface area contributed by atoms with Crippen LogP contribution in [0.2, 0.25) is 5.02 Å². The van der Waals surface area contributed by atoms with Crippen molar-refractivity contribution in [3.63, 3.8) is 0 Å². The molecule has 20 heavy (non-hydrogen) atoms. The molecule has 1 N–H and O–H groups in total. The van der Waals surface area contributed by atoms with E-state index in [0.29, 0.717) is 25.4 Å². The molecule has 1 aromatic heterocycles. The summed E-state index contributed by atoms with van der Waals surface area (Å²) < 4.78 is 6.80. The highest BCUT2D eigenvalue weighted by molar-refractivity contribution is 6.32. The molecule has 0 atom stereocenters. The van der Waals surface area contributed by atoms with Gasteiger partial charge in [0.2, 0.25) is 0 Å². The van der Waals surface area contributed by atoms with Gasteiger partial charge in [0.05, 0.1) is 11.9 Å². The number of rotatable bonds is 10. The van der Waals surface area contributed by atoms with E-state index in [1.165, 1.54) is 4.68 Å². The van der Waals surface area contributed by atoms with Crippen molar-refractivity contribution in [2.45, 2.75) is 46.1 Å². The summed E-state index contributed by atoms with van der Waals surface area (Å²) in [7, 11) is 0. The Morgan fingerprint density at radius 3 is 2.80 bits per heavy atom. The van der Waals surface area contributed by atoms with Crippen LogP contribution in [-0.4, -0.2) is 29.5 Å². The van der Waals surface area contributed by atoms with Gasteiger partial charge in [-0.05, 0) is 19.3 Å². The second kappa shape index (κ2) is 9.77.